The zero-order valence-corrected chi connectivity index (χ0v) is 15.6. The van der Waals surface area contributed by atoms with Crippen LogP contribution in [0.15, 0.2) is 61.2 Å². The smallest absolute Gasteiger partial charge is 0.243 e. The maximum atomic E-state index is 12.3. The van der Waals surface area contributed by atoms with Crippen molar-refractivity contribution >= 4 is 17.3 Å². The summed E-state index contributed by atoms with van der Waals surface area (Å²) in [5.74, 6) is 1.10. The first kappa shape index (κ1) is 20.3. The van der Waals surface area contributed by atoms with Gasteiger partial charge in [-0.05, 0) is 31.2 Å². The highest BCUT2D eigenvalue weighted by molar-refractivity contribution is 5.95. The van der Waals surface area contributed by atoms with Gasteiger partial charge in [0.2, 0.25) is 5.91 Å². The Hall–Kier alpha value is -2.99. The van der Waals surface area contributed by atoms with Crippen LogP contribution in [-0.2, 0) is 9.53 Å². The Morgan fingerprint density at radius 2 is 1.67 bits per heavy atom. The number of carbonyl (C=O) groups excluding carboxylic acids is 1. The second kappa shape index (κ2) is 11.6. The Morgan fingerprint density at radius 3 is 2.37 bits per heavy atom. The Labute approximate surface area is 160 Å². The molecule has 2 rings (SSSR count). The fraction of sp³-hybridized carbons (Fsp3) is 0.286. The van der Waals surface area contributed by atoms with Crippen molar-refractivity contribution in [3.8, 4) is 11.5 Å². The third-order valence-corrected chi connectivity index (χ3v) is 3.53. The number of hydrogen-bond acceptors (Lipinski definition) is 5. The quantitative estimate of drug-likeness (QED) is 0.440. The number of hydrogen-bond donors (Lipinski definition) is 2. The Balaban J connectivity index is 1.90. The highest BCUT2D eigenvalue weighted by Crippen LogP contribution is 2.25. The van der Waals surface area contributed by atoms with E-state index in [4.69, 9.17) is 14.2 Å². The molecule has 0 spiro atoms. The van der Waals surface area contributed by atoms with Gasteiger partial charge in [-0.15, -0.1) is 0 Å². The molecule has 0 aliphatic carbocycles. The zero-order chi connectivity index (χ0) is 19.3. The Kier molecular flexibility index (Phi) is 8.73. The van der Waals surface area contributed by atoms with Crippen LogP contribution in [0.4, 0.5) is 11.4 Å². The minimum Gasteiger partial charge on any atom is -0.489 e. The monoisotopic (exact) mass is 370 g/mol. The molecule has 6 heteroatoms. The van der Waals surface area contributed by atoms with E-state index in [1.165, 1.54) is 0 Å². The highest BCUT2D eigenvalue weighted by Gasteiger charge is 2.09. The molecular weight excluding hydrogens is 344 g/mol. The molecule has 0 aliphatic heterocycles. The van der Waals surface area contributed by atoms with Crippen molar-refractivity contribution in [1.29, 1.82) is 0 Å². The number of nitrogens with one attached hydrogen (secondary N) is 2. The zero-order valence-electron chi connectivity index (χ0n) is 15.6. The molecule has 0 fully saturated rings. The van der Waals surface area contributed by atoms with Crippen LogP contribution in [0.2, 0.25) is 0 Å². The van der Waals surface area contributed by atoms with Gasteiger partial charge in [0.1, 0.15) is 24.7 Å². The standard InChI is InChI=1S/C21H26N2O4/c1-3-13-26-20-12-8-6-10-18(20)23-21(24)16-22-17-9-5-7-11-19(17)27-15-14-25-4-2/h3,5-12,22H,1,4,13-16H2,2H3,(H,23,24). The fourth-order valence-electron chi connectivity index (χ4n) is 2.31. The van der Waals surface area contributed by atoms with Gasteiger partial charge in [-0.1, -0.05) is 36.9 Å². The van der Waals surface area contributed by atoms with Crippen LogP contribution in [0.1, 0.15) is 6.92 Å². The lowest BCUT2D eigenvalue weighted by molar-refractivity contribution is -0.114. The van der Waals surface area contributed by atoms with Gasteiger partial charge in [-0.2, -0.15) is 0 Å². The molecule has 0 saturated carbocycles. The average molecular weight is 370 g/mol. The second-order valence-corrected chi connectivity index (χ2v) is 5.54. The summed E-state index contributed by atoms with van der Waals surface area (Å²) < 4.78 is 16.5. The normalized spacial score (nSPS) is 10.1. The summed E-state index contributed by atoms with van der Waals surface area (Å²) in [6, 6.07) is 14.8. The van der Waals surface area contributed by atoms with Crippen molar-refractivity contribution in [2.45, 2.75) is 6.92 Å². The highest BCUT2D eigenvalue weighted by atomic mass is 16.5. The minimum absolute atomic E-state index is 0.0988. The predicted octanol–water partition coefficient (Wildman–Crippen LogP) is 3.72. The van der Waals surface area contributed by atoms with Crippen LogP contribution in [0.25, 0.3) is 0 Å². The summed E-state index contributed by atoms with van der Waals surface area (Å²) in [7, 11) is 0. The van der Waals surface area contributed by atoms with E-state index >= 15 is 0 Å². The molecule has 0 saturated heterocycles. The second-order valence-electron chi connectivity index (χ2n) is 5.54. The molecule has 0 atom stereocenters. The fourth-order valence-corrected chi connectivity index (χ4v) is 2.31. The lowest BCUT2D eigenvalue weighted by Gasteiger charge is -2.14. The molecular formula is C21H26N2O4. The van der Waals surface area contributed by atoms with E-state index in [-0.39, 0.29) is 12.5 Å². The number of anilines is 2. The summed E-state index contributed by atoms with van der Waals surface area (Å²) in [4.78, 5) is 12.3. The minimum atomic E-state index is -0.186. The number of ether oxygens (including phenoxy) is 3. The van der Waals surface area contributed by atoms with Crippen molar-refractivity contribution in [2.24, 2.45) is 0 Å². The van der Waals surface area contributed by atoms with Gasteiger partial charge in [0.25, 0.3) is 0 Å². The lowest BCUT2D eigenvalue weighted by atomic mass is 10.2. The Bertz CT molecular complexity index is 734. The van der Waals surface area contributed by atoms with Crippen LogP contribution >= 0.6 is 0 Å². The molecule has 144 valence electrons. The number of benzene rings is 2. The van der Waals surface area contributed by atoms with E-state index in [1.54, 1.807) is 18.2 Å². The molecule has 0 bridgehead atoms. The molecule has 6 nitrogen and oxygen atoms in total. The van der Waals surface area contributed by atoms with Gasteiger partial charge in [0.15, 0.2) is 0 Å². The molecule has 0 heterocycles. The summed E-state index contributed by atoms with van der Waals surface area (Å²) >= 11 is 0. The average Bonchev–Trinajstić information content (AvgIpc) is 2.70. The molecule has 0 unspecified atom stereocenters. The number of carbonyl (C=O) groups is 1. The van der Waals surface area contributed by atoms with Gasteiger partial charge in [-0.3, -0.25) is 4.79 Å². The van der Waals surface area contributed by atoms with E-state index in [0.29, 0.717) is 43.6 Å². The number of rotatable bonds is 12. The first-order chi connectivity index (χ1) is 13.2. The maximum absolute atomic E-state index is 12.3. The largest absolute Gasteiger partial charge is 0.489 e. The third kappa shape index (κ3) is 7.03. The maximum Gasteiger partial charge on any atom is 0.243 e. The van der Waals surface area contributed by atoms with Crippen LogP contribution in [0, 0.1) is 0 Å². The molecule has 0 aliphatic rings. The van der Waals surface area contributed by atoms with E-state index in [2.05, 4.69) is 17.2 Å². The molecule has 2 N–H and O–H groups in total. The van der Waals surface area contributed by atoms with Gasteiger partial charge in [0.05, 0.1) is 24.5 Å². The first-order valence-corrected chi connectivity index (χ1v) is 8.90. The van der Waals surface area contributed by atoms with Crippen molar-refractivity contribution < 1.29 is 19.0 Å². The summed E-state index contributed by atoms with van der Waals surface area (Å²) in [5, 5.41) is 5.95. The lowest BCUT2D eigenvalue weighted by Crippen LogP contribution is -2.22. The molecule has 0 aromatic heterocycles. The van der Waals surface area contributed by atoms with E-state index in [1.807, 2.05) is 43.3 Å². The van der Waals surface area contributed by atoms with Gasteiger partial charge >= 0.3 is 0 Å². The number of amides is 1. The molecule has 1 amide bonds. The predicted molar refractivity (Wildman–Crippen MR) is 108 cm³/mol. The van der Waals surface area contributed by atoms with E-state index in [0.717, 1.165) is 5.69 Å². The van der Waals surface area contributed by atoms with Gasteiger partial charge in [0, 0.05) is 6.61 Å². The van der Waals surface area contributed by atoms with Gasteiger partial charge in [-0.25, -0.2) is 0 Å². The van der Waals surface area contributed by atoms with Crippen LogP contribution < -0.4 is 20.1 Å². The van der Waals surface area contributed by atoms with Gasteiger partial charge < -0.3 is 24.8 Å². The molecule has 27 heavy (non-hydrogen) atoms. The van der Waals surface area contributed by atoms with Crippen LogP contribution in [0.3, 0.4) is 0 Å². The van der Waals surface area contributed by atoms with Crippen molar-refractivity contribution in [2.75, 3.05) is 43.6 Å². The van der Waals surface area contributed by atoms with E-state index in [9.17, 15) is 4.79 Å². The molecule has 2 aromatic carbocycles. The van der Waals surface area contributed by atoms with Crippen molar-refractivity contribution in [1.82, 2.24) is 0 Å². The number of para-hydroxylation sites is 4. The van der Waals surface area contributed by atoms with E-state index < -0.39 is 0 Å². The SMILES string of the molecule is C=CCOc1ccccc1NC(=O)CNc1ccccc1OCCOCC. The topological polar surface area (TPSA) is 68.8 Å². The summed E-state index contributed by atoms with van der Waals surface area (Å²) in [5.41, 5.74) is 1.37. The summed E-state index contributed by atoms with van der Waals surface area (Å²) in [6.07, 6.45) is 1.66. The van der Waals surface area contributed by atoms with Crippen molar-refractivity contribution in [3.05, 3.63) is 61.2 Å². The molecule has 0 radical (unpaired) electrons. The van der Waals surface area contributed by atoms with Crippen LogP contribution in [-0.4, -0.2) is 38.9 Å². The first-order valence-electron chi connectivity index (χ1n) is 8.90. The summed E-state index contributed by atoms with van der Waals surface area (Å²) in [6.45, 7) is 7.66. The Morgan fingerprint density at radius 1 is 1.00 bits per heavy atom. The van der Waals surface area contributed by atoms with Crippen molar-refractivity contribution in [3.63, 3.8) is 0 Å². The molecule has 2 aromatic rings. The third-order valence-electron chi connectivity index (χ3n) is 3.53. The van der Waals surface area contributed by atoms with Crippen LogP contribution in [0.5, 0.6) is 11.5 Å².